The van der Waals surface area contributed by atoms with Crippen LogP contribution in [0.4, 0.5) is 0 Å². The number of phenols is 1. The van der Waals surface area contributed by atoms with E-state index >= 15 is 0 Å². The normalized spacial score (nSPS) is 11.1. The summed E-state index contributed by atoms with van der Waals surface area (Å²) in [6, 6.07) is 5.38. The van der Waals surface area contributed by atoms with E-state index in [0.717, 1.165) is 11.2 Å². The SMILES string of the molecule is Cn1c(CCN)c(Cl)c2c(O)cccc21. The van der Waals surface area contributed by atoms with Gasteiger partial charge in [0.2, 0.25) is 0 Å². The van der Waals surface area contributed by atoms with E-state index in [1.54, 1.807) is 12.1 Å². The average molecular weight is 225 g/mol. The van der Waals surface area contributed by atoms with Gasteiger partial charge in [0.1, 0.15) is 5.75 Å². The molecular weight excluding hydrogens is 212 g/mol. The van der Waals surface area contributed by atoms with Crippen LogP contribution in [0.15, 0.2) is 18.2 Å². The molecule has 15 heavy (non-hydrogen) atoms. The van der Waals surface area contributed by atoms with E-state index in [2.05, 4.69) is 0 Å². The first-order valence-corrected chi connectivity index (χ1v) is 5.19. The van der Waals surface area contributed by atoms with E-state index < -0.39 is 0 Å². The molecule has 0 saturated carbocycles. The lowest BCUT2D eigenvalue weighted by molar-refractivity contribution is 0.481. The van der Waals surface area contributed by atoms with Crippen molar-refractivity contribution in [2.24, 2.45) is 12.8 Å². The Morgan fingerprint density at radius 3 is 2.80 bits per heavy atom. The molecule has 0 fully saturated rings. The summed E-state index contributed by atoms with van der Waals surface area (Å²) in [5.41, 5.74) is 7.43. The molecule has 0 radical (unpaired) electrons. The second-order valence-corrected chi connectivity index (χ2v) is 3.91. The summed E-state index contributed by atoms with van der Waals surface area (Å²) < 4.78 is 1.98. The van der Waals surface area contributed by atoms with Gasteiger partial charge in [-0.05, 0) is 18.7 Å². The molecular formula is C11H13ClN2O. The quantitative estimate of drug-likeness (QED) is 0.820. The van der Waals surface area contributed by atoms with Gasteiger partial charge >= 0.3 is 0 Å². The first-order chi connectivity index (χ1) is 7.16. The molecule has 2 rings (SSSR count). The Kier molecular flexibility index (Phi) is 2.59. The maximum absolute atomic E-state index is 9.73. The molecule has 80 valence electrons. The summed E-state index contributed by atoms with van der Waals surface area (Å²) in [7, 11) is 1.93. The number of fused-ring (bicyclic) bond motifs is 1. The van der Waals surface area contributed by atoms with Crippen LogP contribution in [0, 0.1) is 0 Å². The van der Waals surface area contributed by atoms with Gasteiger partial charge < -0.3 is 15.4 Å². The highest BCUT2D eigenvalue weighted by Crippen LogP contribution is 2.35. The molecule has 3 nitrogen and oxygen atoms in total. The third-order valence-electron chi connectivity index (χ3n) is 2.64. The number of aromatic nitrogens is 1. The molecule has 1 heterocycles. The molecule has 0 aliphatic carbocycles. The summed E-state index contributed by atoms with van der Waals surface area (Å²) in [6.07, 6.45) is 0.712. The van der Waals surface area contributed by atoms with E-state index in [1.165, 1.54) is 0 Å². The molecule has 0 spiro atoms. The number of nitrogens with zero attached hydrogens (tertiary/aromatic N) is 1. The Balaban J connectivity index is 2.79. The predicted molar refractivity (Wildman–Crippen MR) is 62.4 cm³/mol. The molecule has 0 amide bonds. The van der Waals surface area contributed by atoms with Crippen LogP contribution in [0.1, 0.15) is 5.69 Å². The third-order valence-corrected chi connectivity index (χ3v) is 3.05. The third kappa shape index (κ3) is 1.48. The van der Waals surface area contributed by atoms with Crippen LogP contribution in [-0.2, 0) is 13.5 Å². The molecule has 0 unspecified atom stereocenters. The van der Waals surface area contributed by atoms with E-state index in [-0.39, 0.29) is 5.75 Å². The fourth-order valence-corrected chi connectivity index (χ4v) is 2.30. The van der Waals surface area contributed by atoms with Gasteiger partial charge in [0, 0.05) is 19.2 Å². The second kappa shape index (κ2) is 3.76. The molecule has 0 saturated heterocycles. The lowest BCUT2D eigenvalue weighted by Gasteiger charge is -2.02. The van der Waals surface area contributed by atoms with Crippen molar-refractivity contribution in [3.63, 3.8) is 0 Å². The number of phenolic OH excluding ortho intramolecular Hbond substituents is 1. The van der Waals surface area contributed by atoms with Crippen LogP contribution >= 0.6 is 11.6 Å². The van der Waals surface area contributed by atoms with E-state index in [0.29, 0.717) is 23.4 Å². The van der Waals surface area contributed by atoms with Crippen molar-refractivity contribution >= 4 is 22.5 Å². The van der Waals surface area contributed by atoms with Crippen molar-refractivity contribution in [2.75, 3.05) is 6.54 Å². The van der Waals surface area contributed by atoms with Crippen LogP contribution < -0.4 is 5.73 Å². The van der Waals surface area contributed by atoms with Crippen LogP contribution in [0.5, 0.6) is 5.75 Å². The van der Waals surface area contributed by atoms with Crippen molar-refractivity contribution in [1.82, 2.24) is 4.57 Å². The number of hydrogen-bond acceptors (Lipinski definition) is 2. The van der Waals surface area contributed by atoms with Gasteiger partial charge in [-0.25, -0.2) is 0 Å². The monoisotopic (exact) mass is 224 g/mol. The van der Waals surface area contributed by atoms with Crippen molar-refractivity contribution in [2.45, 2.75) is 6.42 Å². The predicted octanol–water partition coefficient (Wildman–Crippen LogP) is 2.04. The molecule has 0 aliphatic heterocycles. The Hall–Kier alpha value is -1.19. The van der Waals surface area contributed by atoms with E-state index in [9.17, 15) is 5.11 Å². The fraction of sp³-hybridized carbons (Fsp3) is 0.273. The van der Waals surface area contributed by atoms with Gasteiger partial charge in [-0.1, -0.05) is 17.7 Å². The molecule has 0 atom stereocenters. The van der Waals surface area contributed by atoms with Crippen LogP contribution in [0.25, 0.3) is 10.9 Å². The maximum atomic E-state index is 9.73. The van der Waals surface area contributed by atoms with Crippen molar-refractivity contribution in [3.8, 4) is 5.75 Å². The largest absolute Gasteiger partial charge is 0.507 e. The van der Waals surface area contributed by atoms with Crippen LogP contribution in [0.3, 0.4) is 0 Å². The number of rotatable bonds is 2. The highest BCUT2D eigenvalue weighted by molar-refractivity contribution is 6.37. The summed E-state index contributed by atoms with van der Waals surface area (Å²) in [4.78, 5) is 0. The molecule has 0 aliphatic rings. The zero-order valence-electron chi connectivity index (χ0n) is 8.50. The van der Waals surface area contributed by atoms with Crippen LogP contribution in [0.2, 0.25) is 5.02 Å². The summed E-state index contributed by atoms with van der Waals surface area (Å²) >= 11 is 6.21. The van der Waals surface area contributed by atoms with Crippen LogP contribution in [-0.4, -0.2) is 16.2 Å². The highest BCUT2D eigenvalue weighted by Gasteiger charge is 2.15. The molecule has 3 N–H and O–H groups in total. The summed E-state index contributed by atoms with van der Waals surface area (Å²) in [6.45, 7) is 0.546. The number of nitrogens with two attached hydrogens (primary N) is 1. The Morgan fingerprint density at radius 1 is 1.47 bits per heavy atom. The standard InChI is InChI=1S/C11H13ClN2O/c1-14-7-3-2-4-9(15)10(7)11(12)8(14)5-6-13/h2-4,15H,5-6,13H2,1H3. The average Bonchev–Trinajstić information content (AvgIpc) is 2.45. The lowest BCUT2D eigenvalue weighted by Crippen LogP contribution is -2.06. The van der Waals surface area contributed by atoms with Crippen molar-refractivity contribution in [1.29, 1.82) is 0 Å². The Bertz CT molecular complexity index is 505. The number of aromatic hydroxyl groups is 1. The smallest absolute Gasteiger partial charge is 0.126 e. The number of benzene rings is 1. The summed E-state index contributed by atoms with van der Waals surface area (Å²) in [5, 5.41) is 11.0. The van der Waals surface area contributed by atoms with Gasteiger partial charge in [-0.3, -0.25) is 0 Å². The van der Waals surface area contributed by atoms with E-state index in [4.69, 9.17) is 17.3 Å². The maximum Gasteiger partial charge on any atom is 0.126 e. The second-order valence-electron chi connectivity index (χ2n) is 3.53. The van der Waals surface area contributed by atoms with Gasteiger partial charge in [0.25, 0.3) is 0 Å². The highest BCUT2D eigenvalue weighted by atomic mass is 35.5. The number of halogens is 1. The lowest BCUT2D eigenvalue weighted by atomic mass is 10.2. The van der Waals surface area contributed by atoms with Crippen molar-refractivity contribution in [3.05, 3.63) is 28.9 Å². The Morgan fingerprint density at radius 2 is 2.20 bits per heavy atom. The fourth-order valence-electron chi connectivity index (χ4n) is 1.88. The number of aryl methyl sites for hydroxylation is 1. The summed E-state index contributed by atoms with van der Waals surface area (Å²) in [5.74, 6) is 0.219. The molecule has 1 aromatic carbocycles. The topological polar surface area (TPSA) is 51.2 Å². The minimum absolute atomic E-state index is 0.219. The molecule has 2 aromatic rings. The zero-order chi connectivity index (χ0) is 11.0. The molecule has 0 bridgehead atoms. The zero-order valence-corrected chi connectivity index (χ0v) is 9.25. The van der Waals surface area contributed by atoms with Gasteiger partial charge in [0.15, 0.2) is 0 Å². The minimum Gasteiger partial charge on any atom is -0.507 e. The van der Waals surface area contributed by atoms with Gasteiger partial charge in [-0.15, -0.1) is 0 Å². The van der Waals surface area contributed by atoms with E-state index in [1.807, 2.05) is 17.7 Å². The van der Waals surface area contributed by atoms with Gasteiger partial charge in [0.05, 0.1) is 15.9 Å². The first-order valence-electron chi connectivity index (χ1n) is 4.81. The van der Waals surface area contributed by atoms with Gasteiger partial charge in [-0.2, -0.15) is 0 Å². The molecule has 4 heteroatoms. The first kappa shape index (κ1) is 10.3. The van der Waals surface area contributed by atoms with Crippen molar-refractivity contribution < 1.29 is 5.11 Å². The molecule has 1 aromatic heterocycles. The number of hydrogen-bond donors (Lipinski definition) is 2. The Labute approximate surface area is 93.1 Å². The minimum atomic E-state index is 0.219.